The van der Waals surface area contributed by atoms with Gasteiger partial charge in [0.25, 0.3) is 0 Å². The predicted octanol–water partition coefficient (Wildman–Crippen LogP) is 2.06. The molecule has 0 aliphatic carbocycles. The highest BCUT2D eigenvalue weighted by atomic mass is 16.7. The van der Waals surface area contributed by atoms with Crippen molar-refractivity contribution in [3.8, 4) is 0 Å². The summed E-state index contributed by atoms with van der Waals surface area (Å²) in [6.45, 7) is 7.00. The molecule has 0 N–H and O–H groups in total. The molecule has 5 nitrogen and oxygen atoms in total. The van der Waals surface area contributed by atoms with Crippen LogP contribution in [-0.4, -0.2) is 31.4 Å². The van der Waals surface area contributed by atoms with E-state index in [1.807, 2.05) is 0 Å². The van der Waals surface area contributed by atoms with E-state index in [0.717, 1.165) is 0 Å². The molecule has 0 bridgehead atoms. The lowest BCUT2D eigenvalue weighted by Gasteiger charge is -2.18. The first-order valence-corrected chi connectivity index (χ1v) is 4.85. The van der Waals surface area contributed by atoms with Gasteiger partial charge in [-0.3, -0.25) is 0 Å². The van der Waals surface area contributed by atoms with E-state index in [1.165, 1.54) is 13.2 Å². The summed E-state index contributed by atoms with van der Waals surface area (Å²) in [6.07, 6.45) is 0.505. The Morgan fingerprint density at radius 3 is 2.25 bits per heavy atom. The zero-order chi connectivity index (χ0) is 12.8. The third kappa shape index (κ3) is 7.84. The fourth-order valence-corrected chi connectivity index (χ4v) is 0.806. The number of hydrogen-bond donors (Lipinski definition) is 0. The zero-order valence-electron chi connectivity index (χ0n) is 10.3. The van der Waals surface area contributed by atoms with Crippen molar-refractivity contribution in [2.45, 2.75) is 33.3 Å². The molecule has 0 fully saturated rings. The van der Waals surface area contributed by atoms with E-state index >= 15 is 0 Å². The summed E-state index contributed by atoms with van der Waals surface area (Å²) < 4.78 is 14.0. The second kappa shape index (κ2) is 6.15. The minimum atomic E-state index is -0.781. The lowest BCUT2D eigenvalue weighted by Crippen LogP contribution is -2.23. The number of carbonyl (C=O) groups is 2. The first kappa shape index (κ1) is 14.5. The summed E-state index contributed by atoms with van der Waals surface area (Å²) >= 11 is 0. The summed E-state index contributed by atoms with van der Waals surface area (Å²) in [4.78, 5) is 22.0. The van der Waals surface area contributed by atoms with Gasteiger partial charge in [-0.2, -0.15) is 0 Å². The van der Waals surface area contributed by atoms with Crippen LogP contribution in [0.1, 0.15) is 27.7 Å². The largest absolute Gasteiger partial charge is 0.508 e. The van der Waals surface area contributed by atoms with Crippen LogP contribution in [0.4, 0.5) is 4.79 Å². The predicted molar refractivity (Wildman–Crippen MR) is 58.0 cm³/mol. The fourth-order valence-electron chi connectivity index (χ4n) is 0.806. The van der Waals surface area contributed by atoms with Crippen molar-refractivity contribution < 1.29 is 23.8 Å². The summed E-state index contributed by atoms with van der Waals surface area (Å²) in [6, 6.07) is 0. The van der Waals surface area contributed by atoms with Crippen molar-refractivity contribution in [3.63, 3.8) is 0 Å². The van der Waals surface area contributed by atoms with Gasteiger partial charge in [-0.15, -0.1) is 0 Å². The normalized spacial score (nSPS) is 11.9. The second-order valence-electron chi connectivity index (χ2n) is 4.27. The summed E-state index contributed by atoms with van der Waals surface area (Å²) in [5.74, 6) is -0.460. The van der Waals surface area contributed by atoms with Gasteiger partial charge < -0.3 is 14.2 Å². The zero-order valence-corrected chi connectivity index (χ0v) is 10.3. The highest BCUT2D eigenvalue weighted by Crippen LogP contribution is 2.08. The van der Waals surface area contributed by atoms with Gasteiger partial charge >= 0.3 is 12.1 Å². The average Bonchev–Trinajstić information content (AvgIpc) is 2.10. The van der Waals surface area contributed by atoms with Crippen molar-refractivity contribution >= 4 is 12.1 Å². The third-order valence-corrected chi connectivity index (χ3v) is 1.36. The number of methoxy groups -OCH3 is 1. The molecule has 0 aliphatic rings. The molecule has 0 radical (unpaired) electrons. The van der Waals surface area contributed by atoms with E-state index in [2.05, 4.69) is 9.47 Å². The molecule has 0 spiro atoms. The van der Waals surface area contributed by atoms with Crippen LogP contribution in [0.25, 0.3) is 0 Å². The van der Waals surface area contributed by atoms with Crippen molar-refractivity contribution in [1.29, 1.82) is 0 Å². The molecule has 0 saturated heterocycles. The van der Waals surface area contributed by atoms with Crippen LogP contribution >= 0.6 is 0 Å². The summed E-state index contributed by atoms with van der Waals surface area (Å²) in [5, 5.41) is 0. The highest BCUT2D eigenvalue weighted by Gasteiger charge is 2.14. The van der Waals surface area contributed by atoms with Crippen molar-refractivity contribution in [1.82, 2.24) is 0 Å². The average molecular weight is 230 g/mol. The molecular weight excluding hydrogens is 212 g/mol. The minimum absolute atomic E-state index is 0.00587. The van der Waals surface area contributed by atoms with Gasteiger partial charge in [0.1, 0.15) is 12.2 Å². The Hall–Kier alpha value is -1.52. The highest BCUT2D eigenvalue weighted by molar-refractivity contribution is 5.83. The molecule has 0 aliphatic heterocycles. The van der Waals surface area contributed by atoms with Crippen LogP contribution in [0.2, 0.25) is 0 Å². The minimum Gasteiger partial charge on any atom is -0.457 e. The fraction of sp³-hybridized carbons (Fsp3) is 0.636. The maximum Gasteiger partial charge on any atom is 0.508 e. The third-order valence-electron chi connectivity index (χ3n) is 1.36. The van der Waals surface area contributed by atoms with E-state index < -0.39 is 17.7 Å². The topological polar surface area (TPSA) is 61.8 Å². The van der Waals surface area contributed by atoms with E-state index in [1.54, 1.807) is 27.7 Å². The van der Waals surface area contributed by atoms with Crippen LogP contribution in [0, 0.1) is 0 Å². The molecule has 0 aromatic rings. The maximum absolute atomic E-state index is 11.3. The van der Waals surface area contributed by atoms with Crippen molar-refractivity contribution in [2.24, 2.45) is 0 Å². The summed E-state index contributed by atoms with van der Waals surface area (Å²) in [7, 11) is 1.22. The van der Waals surface area contributed by atoms with E-state index in [0.29, 0.717) is 5.57 Å². The molecule has 5 heteroatoms. The Bertz CT molecular complexity index is 285. The van der Waals surface area contributed by atoms with Gasteiger partial charge in [0.05, 0.1) is 7.11 Å². The quantitative estimate of drug-likeness (QED) is 0.548. The number of esters is 1. The molecule has 0 aromatic heterocycles. The van der Waals surface area contributed by atoms with Gasteiger partial charge in [0.2, 0.25) is 0 Å². The van der Waals surface area contributed by atoms with Crippen LogP contribution in [0.3, 0.4) is 0 Å². The molecule has 16 heavy (non-hydrogen) atoms. The number of hydrogen-bond acceptors (Lipinski definition) is 5. The SMILES string of the molecule is COC(=O)OC/C(C)=C/C(=O)OC(C)(C)C. The number of carbonyl (C=O) groups excluding carboxylic acids is 2. The Morgan fingerprint density at radius 2 is 1.81 bits per heavy atom. The molecule has 0 saturated carbocycles. The van der Waals surface area contributed by atoms with Crippen LogP contribution in [0.15, 0.2) is 11.6 Å². The van der Waals surface area contributed by atoms with Crippen molar-refractivity contribution in [3.05, 3.63) is 11.6 Å². The lowest BCUT2D eigenvalue weighted by molar-refractivity contribution is -0.148. The van der Waals surface area contributed by atoms with Crippen molar-refractivity contribution in [2.75, 3.05) is 13.7 Å². The summed E-state index contributed by atoms with van der Waals surface area (Å²) in [5.41, 5.74) is 0.0523. The Balaban J connectivity index is 4.12. The molecule has 0 unspecified atom stereocenters. The second-order valence-corrected chi connectivity index (χ2v) is 4.27. The Morgan fingerprint density at radius 1 is 1.25 bits per heavy atom. The molecule has 0 atom stereocenters. The first-order valence-electron chi connectivity index (χ1n) is 4.85. The molecule has 0 amide bonds. The molecule has 0 heterocycles. The van der Waals surface area contributed by atoms with E-state index in [4.69, 9.17) is 4.74 Å². The lowest BCUT2D eigenvalue weighted by atomic mass is 10.2. The van der Waals surface area contributed by atoms with E-state index in [9.17, 15) is 9.59 Å². The smallest absolute Gasteiger partial charge is 0.457 e. The molecule has 92 valence electrons. The molecular formula is C11H18O5. The van der Waals surface area contributed by atoms with Gasteiger partial charge in [-0.25, -0.2) is 9.59 Å². The Kier molecular flexibility index (Phi) is 5.56. The standard InChI is InChI=1S/C11H18O5/c1-8(7-15-10(13)14-5)6-9(12)16-11(2,3)4/h6H,7H2,1-5H3/b8-6+. The van der Waals surface area contributed by atoms with Gasteiger partial charge in [0, 0.05) is 6.08 Å². The number of rotatable bonds is 3. The Labute approximate surface area is 95.4 Å². The van der Waals surface area contributed by atoms with Gasteiger partial charge in [0.15, 0.2) is 0 Å². The van der Waals surface area contributed by atoms with Crippen LogP contribution in [-0.2, 0) is 19.0 Å². The van der Waals surface area contributed by atoms with Crippen LogP contribution in [0.5, 0.6) is 0 Å². The van der Waals surface area contributed by atoms with Gasteiger partial charge in [-0.05, 0) is 33.3 Å². The molecule has 0 aromatic carbocycles. The van der Waals surface area contributed by atoms with E-state index in [-0.39, 0.29) is 6.61 Å². The monoisotopic (exact) mass is 230 g/mol. The molecule has 0 rings (SSSR count). The number of ether oxygens (including phenoxy) is 3. The van der Waals surface area contributed by atoms with Gasteiger partial charge in [-0.1, -0.05) is 0 Å². The first-order chi connectivity index (χ1) is 7.24. The maximum atomic E-state index is 11.3. The van der Waals surface area contributed by atoms with Crippen LogP contribution < -0.4 is 0 Å².